The Bertz CT molecular complexity index is 638. The Morgan fingerprint density at radius 2 is 2.24 bits per heavy atom. The molecule has 2 heterocycles. The second-order valence-electron chi connectivity index (χ2n) is 4.08. The molecule has 0 aliphatic heterocycles. The van der Waals surface area contributed by atoms with E-state index < -0.39 is 17.3 Å². The molecule has 0 unspecified atom stereocenters. The number of furan rings is 1. The fourth-order valence-electron chi connectivity index (χ4n) is 1.50. The number of hydrogen-bond acceptors (Lipinski definition) is 7. The van der Waals surface area contributed by atoms with E-state index in [1.807, 2.05) is 0 Å². The molecule has 0 aliphatic rings. The Morgan fingerprint density at radius 3 is 2.86 bits per heavy atom. The van der Waals surface area contributed by atoms with E-state index in [0.717, 1.165) is 0 Å². The molecule has 0 saturated carbocycles. The summed E-state index contributed by atoms with van der Waals surface area (Å²) in [6.07, 6.45) is 0.755. The molecule has 2 aromatic rings. The molecule has 9 heteroatoms. The van der Waals surface area contributed by atoms with Gasteiger partial charge in [0.15, 0.2) is 16.7 Å². The first-order chi connectivity index (χ1) is 10.0. The van der Waals surface area contributed by atoms with Crippen molar-refractivity contribution in [2.45, 2.75) is 17.3 Å². The third kappa shape index (κ3) is 3.43. The summed E-state index contributed by atoms with van der Waals surface area (Å²) in [5, 5.41) is 10.1. The average molecular weight is 310 g/mol. The molecule has 1 atom stereocenters. The SMILES string of the molecule is COC(=O)NC(=O)[C@H](C)Sc1nnc(-c2ccco2)n1C. The van der Waals surface area contributed by atoms with Crippen molar-refractivity contribution in [3.8, 4) is 11.6 Å². The second-order valence-corrected chi connectivity index (χ2v) is 5.39. The van der Waals surface area contributed by atoms with Crippen LogP contribution in [0.5, 0.6) is 0 Å². The lowest BCUT2D eigenvalue weighted by atomic mass is 10.4. The van der Waals surface area contributed by atoms with Crippen LogP contribution in [0.15, 0.2) is 28.0 Å². The van der Waals surface area contributed by atoms with Gasteiger partial charge in [0, 0.05) is 7.05 Å². The molecule has 0 spiro atoms. The maximum absolute atomic E-state index is 11.8. The van der Waals surface area contributed by atoms with Gasteiger partial charge < -0.3 is 13.7 Å². The van der Waals surface area contributed by atoms with Gasteiger partial charge in [-0.3, -0.25) is 10.1 Å². The number of nitrogens with zero attached hydrogens (tertiary/aromatic N) is 3. The van der Waals surface area contributed by atoms with Crippen molar-refractivity contribution in [1.82, 2.24) is 20.1 Å². The van der Waals surface area contributed by atoms with E-state index in [2.05, 4.69) is 20.3 Å². The molecule has 0 bridgehead atoms. The molecule has 2 amide bonds. The van der Waals surface area contributed by atoms with E-state index in [9.17, 15) is 9.59 Å². The smallest absolute Gasteiger partial charge is 0.413 e. The van der Waals surface area contributed by atoms with Crippen LogP contribution in [0.4, 0.5) is 4.79 Å². The van der Waals surface area contributed by atoms with Crippen LogP contribution < -0.4 is 5.32 Å². The van der Waals surface area contributed by atoms with Gasteiger partial charge in [-0.2, -0.15) is 0 Å². The van der Waals surface area contributed by atoms with E-state index in [1.165, 1.54) is 18.9 Å². The molecular formula is C12H14N4O4S. The summed E-state index contributed by atoms with van der Waals surface area (Å²) in [5.74, 6) is 0.681. The van der Waals surface area contributed by atoms with Crippen LogP contribution >= 0.6 is 11.8 Å². The van der Waals surface area contributed by atoms with Gasteiger partial charge in [-0.05, 0) is 19.1 Å². The Hall–Kier alpha value is -2.29. The second kappa shape index (κ2) is 6.44. The summed E-state index contributed by atoms with van der Waals surface area (Å²) < 4.78 is 11.3. The van der Waals surface area contributed by atoms with Crippen molar-refractivity contribution in [2.75, 3.05) is 7.11 Å². The zero-order valence-electron chi connectivity index (χ0n) is 11.7. The summed E-state index contributed by atoms with van der Waals surface area (Å²) in [7, 11) is 2.96. The van der Waals surface area contributed by atoms with Crippen molar-refractivity contribution in [3.63, 3.8) is 0 Å². The van der Waals surface area contributed by atoms with Crippen LogP contribution in [-0.4, -0.2) is 39.1 Å². The highest BCUT2D eigenvalue weighted by atomic mass is 32.2. The normalized spacial score (nSPS) is 12.0. The largest absolute Gasteiger partial charge is 0.461 e. The number of imide groups is 1. The Morgan fingerprint density at radius 1 is 1.48 bits per heavy atom. The molecular weight excluding hydrogens is 296 g/mol. The lowest BCUT2D eigenvalue weighted by molar-refractivity contribution is -0.119. The highest BCUT2D eigenvalue weighted by Gasteiger charge is 2.21. The number of carbonyl (C=O) groups is 2. The first kappa shape index (κ1) is 15.1. The summed E-state index contributed by atoms with van der Waals surface area (Å²) in [5.41, 5.74) is 0. The van der Waals surface area contributed by atoms with Crippen molar-refractivity contribution in [2.24, 2.45) is 7.05 Å². The summed E-state index contributed by atoms with van der Waals surface area (Å²) in [6, 6.07) is 3.52. The minimum Gasteiger partial charge on any atom is -0.461 e. The third-order valence-electron chi connectivity index (χ3n) is 2.64. The fourth-order valence-corrected chi connectivity index (χ4v) is 2.32. The number of methoxy groups -OCH3 is 1. The van der Waals surface area contributed by atoms with Crippen molar-refractivity contribution >= 4 is 23.8 Å². The minimum atomic E-state index is -0.790. The van der Waals surface area contributed by atoms with E-state index in [4.69, 9.17) is 4.42 Å². The number of amides is 2. The van der Waals surface area contributed by atoms with Crippen LogP contribution in [-0.2, 0) is 16.6 Å². The number of aromatic nitrogens is 3. The molecule has 0 aliphatic carbocycles. The molecule has 0 saturated heterocycles. The molecule has 1 N–H and O–H groups in total. The summed E-state index contributed by atoms with van der Waals surface area (Å²) >= 11 is 1.18. The number of ether oxygens (including phenoxy) is 1. The quantitative estimate of drug-likeness (QED) is 0.853. The number of alkyl carbamates (subject to hydrolysis) is 1. The molecule has 0 fully saturated rings. The topological polar surface area (TPSA) is 99.2 Å². The van der Waals surface area contributed by atoms with Crippen molar-refractivity contribution < 1.29 is 18.7 Å². The van der Waals surface area contributed by atoms with E-state index in [1.54, 1.807) is 36.9 Å². The standard InChI is InChI=1S/C12H14N4O4S/c1-7(10(17)13-12(18)19-3)21-11-15-14-9(16(11)2)8-5-4-6-20-8/h4-7H,1-3H3,(H,13,17,18)/t7-/m0/s1. The highest BCUT2D eigenvalue weighted by molar-refractivity contribution is 8.00. The zero-order chi connectivity index (χ0) is 15.4. The van der Waals surface area contributed by atoms with Crippen molar-refractivity contribution in [1.29, 1.82) is 0 Å². The molecule has 2 aromatic heterocycles. The predicted octanol–water partition coefficient (Wildman–Crippen LogP) is 1.44. The van der Waals surface area contributed by atoms with Crippen LogP contribution in [0.1, 0.15) is 6.92 Å². The minimum absolute atomic E-state index is 0.464. The Kier molecular flexibility index (Phi) is 4.63. The first-order valence-corrected chi connectivity index (χ1v) is 6.89. The van der Waals surface area contributed by atoms with E-state index in [-0.39, 0.29) is 0 Å². The zero-order valence-corrected chi connectivity index (χ0v) is 12.5. The Labute approximate surface area is 124 Å². The van der Waals surface area contributed by atoms with Gasteiger partial charge in [0.05, 0.1) is 18.6 Å². The molecule has 21 heavy (non-hydrogen) atoms. The van der Waals surface area contributed by atoms with E-state index in [0.29, 0.717) is 16.7 Å². The Balaban J connectivity index is 2.07. The molecule has 0 radical (unpaired) electrons. The molecule has 0 aromatic carbocycles. The number of nitrogens with one attached hydrogen (secondary N) is 1. The molecule has 2 rings (SSSR count). The van der Waals surface area contributed by atoms with Crippen LogP contribution in [0.3, 0.4) is 0 Å². The number of hydrogen-bond donors (Lipinski definition) is 1. The first-order valence-electron chi connectivity index (χ1n) is 6.01. The maximum atomic E-state index is 11.8. The van der Waals surface area contributed by atoms with Gasteiger partial charge in [0.1, 0.15) is 0 Å². The van der Waals surface area contributed by atoms with Gasteiger partial charge >= 0.3 is 6.09 Å². The van der Waals surface area contributed by atoms with Crippen LogP contribution in [0.25, 0.3) is 11.6 Å². The van der Waals surface area contributed by atoms with Gasteiger partial charge in [0.25, 0.3) is 0 Å². The molecule has 8 nitrogen and oxygen atoms in total. The lowest BCUT2D eigenvalue weighted by Gasteiger charge is -2.09. The van der Waals surface area contributed by atoms with E-state index >= 15 is 0 Å². The maximum Gasteiger partial charge on any atom is 0.413 e. The van der Waals surface area contributed by atoms with Gasteiger partial charge in [0.2, 0.25) is 5.91 Å². The lowest BCUT2D eigenvalue weighted by Crippen LogP contribution is -2.35. The number of carbonyl (C=O) groups excluding carboxylic acids is 2. The van der Waals surface area contributed by atoms with Crippen LogP contribution in [0.2, 0.25) is 0 Å². The van der Waals surface area contributed by atoms with Gasteiger partial charge in [-0.15, -0.1) is 10.2 Å². The van der Waals surface area contributed by atoms with Crippen molar-refractivity contribution in [3.05, 3.63) is 18.4 Å². The highest BCUT2D eigenvalue weighted by Crippen LogP contribution is 2.25. The summed E-state index contributed by atoms with van der Waals surface area (Å²) in [4.78, 5) is 22.8. The predicted molar refractivity (Wildman–Crippen MR) is 74.6 cm³/mol. The van der Waals surface area contributed by atoms with Crippen LogP contribution in [0, 0.1) is 0 Å². The number of thioether (sulfide) groups is 1. The monoisotopic (exact) mass is 310 g/mol. The third-order valence-corrected chi connectivity index (χ3v) is 3.77. The summed E-state index contributed by atoms with van der Waals surface area (Å²) in [6.45, 7) is 1.66. The molecule has 112 valence electrons. The number of rotatable bonds is 4. The van der Waals surface area contributed by atoms with Gasteiger partial charge in [-0.1, -0.05) is 11.8 Å². The fraction of sp³-hybridized carbons (Fsp3) is 0.333. The average Bonchev–Trinajstić information content (AvgIpc) is 3.09. The van der Waals surface area contributed by atoms with Gasteiger partial charge in [-0.25, -0.2) is 4.79 Å².